The van der Waals surface area contributed by atoms with Crippen molar-refractivity contribution >= 4 is 25.2 Å². The number of benzene rings is 1. The monoisotopic (exact) mass is 201 g/mol. The van der Waals surface area contributed by atoms with Crippen molar-refractivity contribution in [1.29, 1.82) is 0 Å². The molecule has 0 aliphatic carbocycles. The minimum absolute atomic E-state index is 0.0400. The average Bonchev–Trinajstić information content (AvgIpc) is 2.15. The van der Waals surface area contributed by atoms with Crippen molar-refractivity contribution in [3.8, 4) is 0 Å². The summed E-state index contributed by atoms with van der Waals surface area (Å²) in [6.07, 6.45) is 0. The van der Waals surface area contributed by atoms with Crippen LogP contribution in [0, 0.1) is 0 Å². The Hall–Kier alpha value is -1.98. The summed E-state index contributed by atoms with van der Waals surface area (Å²) in [6, 6.07) is 7.38. The van der Waals surface area contributed by atoms with Crippen LogP contribution in [0.25, 0.3) is 0 Å². The first-order valence-corrected chi connectivity index (χ1v) is 4.32. The largest absolute Gasteiger partial charge is 0.370 e. The predicted octanol–water partition coefficient (Wildman–Crippen LogP) is -1.43. The zero-order valence-electron chi connectivity index (χ0n) is 8.22. The number of rotatable bonds is 2. The van der Waals surface area contributed by atoms with E-state index in [-0.39, 0.29) is 11.9 Å². The van der Waals surface area contributed by atoms with Crippen LogP contribution in [0.1, 0.15) is 5.56 Å². The summed E-state index contributed by atoms with van der Waals surface area (Å²) in [7, 11) is 5.71. The second kappa shape index (κ2) is 5.04. The van der Waals surface area contributed by atoms with Crippen LogP contribution >= 0.6 is 0 Å². The van der Waals surface area contributed by atoms with Crippen LogP contribution in [0.2, 0.25) is 0 Å². The summed E-state index contributed by atoms with van der Waals surface area (Å²) in [6.45, 7) is 0.356. The molecule has 1 aromatic rings. The van der Waals surface area contributed by atoms with E-state index in [2.05, 4.69) is 9.98 Å². The summed E-state index contributed by atoms with van der Waals surface area (Å²) in [5.41, 5.74) is 17.2. The molecule has 1 rings (SSSR count). The quantitative estimate of drug-likeness (QED) is 0.310. The smallest absolute Gasteiger partial charge is 0.218 e. The van der Waals surface area contributed by atoms with Crippen LogP contribution in [0.5, 0.6) is 0 Å². The summed E-state index contributed by atoms with van der Waals surface area (Å²) in [5.74, 6) is -0.0736. The number of aliphatic imine (C=N–C) groups is 2. The van der Waals surface area contributed by atoms with E-state index in [9.17, 15) is 0 Å². The third kappa shape index (κ3) is 3.72. The minimum atomic E-state index is -0.114. The van der Waals surface area contributed by atoms with Gasteiger partial charge in [0.2, 0.25) is 5.96 Å². The summed E-state index contributed by atoms with van der Waals surface area (Å²) in [5, 5.41) is 0. The lowest BCUT2D eigenvalue weighted by atomic mass is 9.91. The third-order valence-electron chi connectivity index (χ3n) is 1.71. The van der Waals surface area contributed by atoms with Crippen LogP contribution in [0.3, 0.4) is 0 Å². The van der Waals surface area contributed by atoms with Crippen molar-refractivity contribution in [2.24, 2.45) is 27.2 Å². The molecule has 2 radical (unpaired) electrons. The van der Waals surface area contributed by atoms with Crippen LogP contribution in [-0.2, 0) is 6.54 Å². The van der Waals surface area contributed by atoms with Crippen LogP contribution in [0.15, 0.2) is 34.3 Å². The number of hydrogen-bond acceptors (Lipinski definition) is 1. The van der Waals surface area contributed by atoms with Gasteiger partial charge in [0, 0.05) is 0 Å². The van der Waals surface area contributed by atoms with Crippen molar-refractivity contribution in [3.05, 3.63) is 29.8 Å². The van der Waals surface area contributed by atoms with Gasteiger partial charge in [-0.2, -0.15) is 4.99 Å². The lowest BCUT2D eigenvalue weighted by Crippen LogP contribution is -2.26. The standard InChI is InChI=1S/C9H12BN5/c10-7-4-2-1-3-6(7)5-14-9(13)15-8(11)12/h1-4H,5H2,(H6,11,12,13,14,15). The molecule has 0 bridgehead atoms. The minimum Gasteiger partial charge on any atom is -0.370 e. The molecule has 6 N–H and O–H groups in total. The Balaban J connectivity index is 2.72. The van der Waals surface area contributed by atoms with E-state index in [0.717, 1.165) is 5.56 Å². The third-order valence-corrected chi connectivity index (χ3v) is 1.71. The molecule has 0 unspecified atom stereocenters. The molecule has 0 aromatic heterocycles. The average molecular weight is 201 g/mol. The van der Waals surface area contributed by atoms with E-state index in [0.29, 0.717) is 12.0 Å². The van der Waals surface area contributed by atoms with Crippen molar-refractivity contribution in [2.75, 3.05) is 0 Å². The van der Waals surface area contributed by atoms with Gasteiger partial charge in [-0.15, -0.1) is 0 Å². The molecule has 0 atom stereocenters. The van der Waals surface area contributed by atoms with Crippen molar-refractivity contribution in [2.45, 2.75) is 6.54 Å². The molecule has 0 heterocycles. The second-order valence-electron chi connectivity index (χ2n) is 2.91. The van der Waals surface area contributed by atoms with E-state index >= 15 is 0 Å². The van der Waals surface area contributed by atoms with Crippen LogP contribution in [-0.4, -0.2) is 19.8 Å². The maximum Gasteiger partial charge on any atom is 0.218 e. The fraction of sp³-hybridized carbons (Fsp3) is 0.111. The van der Waals surface area contributed by atoms with Gasteiger partial charge in [-0.3, -0.25) is 0 Å². The van der Waals surface area contributed by atoms with Gasteiger partial charge in [0.15, 0.2) is 5.96 Å². The first-order valence-electron chi connectivity index (χ1n) is 4.32. The first kappa shape index (κ1) is 11.1. The van der Waals surface area contributed by atoms with E-state index in [1.165, 1.54) is 0 Å². The molecule has 0 saturated carbocycles. The molecule has 6 heteroatoms. The lowest BCUT2D eigenvalue weighted by Gasteiger charge is -2.01. The highest BCUT2D eigenvalue weighted by Crippen LogP contribution is 1.96. The number of hydrogen-bond donors (Lipinski definition) is 3. The van der Waals surface area contributed by atoms with Gasteiger partial charge in [0.1, 0.15) is 7.85 Å². The molecular formula is C9H12BN5. The number of nitrogens with zero attached hydrogens (tertiary/aromatic N) is 2. The maximum atomic E-state index is 5.71. The zero-order valence-corrected chi connectivity index (χ0v) is 8.22. The normalized spacial score (nSPS) is 11.1. The highest BCUT2D eigenvalue weighted by atomic mass is 15.1. The Morgan fingerprint density at radius 3 is 2.47 bits per heavy atom. The number of nitrogens with two attached hydrogens (primary N) is 3. The van der Waals surface area contributed by atoms with E-state index < -0.39 is 0 Å². The van der Waals surface area contributed by atoms with E-state index in [1.54, 1.807) is 6.07 Å². The SMILES string of the molecule is [B]c1ccccc1CN=C(N)N=C(N)N. The van der Waals surface area contributed by atoms with Gasteiger partial charge in [0.25, 0.3) is 0 Å². The molecule has 5 nitrogen and oxygen atoms in total. The van der Waals surface area contributed by atoms with Gasteiger partial charge in [-0.05, 0) is 5.56 Å². The summed E-state index contributed by atoms with van der Waals surface area (Å²) in [4.78, 5) is 7.54. The van der Waals surface area contributed by atoms with Gasteiger partial charge >= 0.3 is 0 Å². The fourth-order valence-electron chi connectivity index (χ4n) is 1.01. The van der Waals surface area contributed by atoms with Gasteiger partial charge in [-0.25, -0.2) is 4.99 Å². The summed E-state index contributed by atoms with van der Waals surface area (Å²) < 4.78 is 0. The molecule has 0 fully saturated rings. The molecule has 1 aromatic carbocycles. The van der Waals surface area contributed by atoms with Gasteiger partial charge in [-0.1, -0.05) is 29.7 Å². The molecule has 15 heavy (non-hydrogen) atoms. The molecule has 76 valence electrons. The predicted molar refractivity (Wildman–Crippen MR) is 63.0 cm³/mol. The van der Waals surface area contributed by atoms with Gasteiger partial charge < -0.3 is 17.2 Å². The Morgan fingerprint density at radius 1 is 1.20 bits per heavy atom. The Bertz CT molecular complexity index is 395. The molecular weight excluding hydrogens is 189 g/mol. The number of guanidine groups is 2. The second-order valence-corrected chi connectivity index (χ2v) is 2.91. The topological polar surface area (TPSA) is 103 Å². The fourth-order valence-corrected chi connectivity index (χ4v) is 1.01. The van der Waals surface area contributed by atoms with Crippen LogP contribution in [0.4, 0.5) is 0 Å². The molecule has 0 saturated heterocycles. The highest BCUT2D eigenvalue weighted by Gasteiger charge is 1.95. The van der Waals surface area contributed by atoms with Crippen LogP contribution < -0.4 is 22.7 Å². The van der Waals surface area contributed by atoms with Crippen molar-refractivity contribution in [3.63, 3.8) is 0 Å². The Labute approximate surface area is 89.5 Å². The summed E-state index contributed by atoms with van der Waals surface area (Å²) >= 11 is 0. The zero-order chi connectivity index (χ0) is 11.3. The van der Waals surface area contributed by atoms with Crippen molar-refractivity contribution < 1.29 is 0 Å². The Morgan fingerprint density at radius 2 is 1.87 bits per heavy atom. The van der Waals surface area contributed by atoms with E-state index in [1.807, 2.05) is 18.2 Å². The van der Waals surface area contributed by atoms with Gasteiger partial charge in [0.05, 0.1) is 6.54 Å². The van der Waals surface area contributed by atoms with Crippen molar-refractivity contribution in [1.82, 2.24) is 0 Å². The highest BCUT2D eigenvalue weighted by molar-refractivity contribution is 6.33. The van der Waals surface area contributed by atoms with E-state index in [4.69, 9.17) is 25.0 Å². The Kier molecular flexibility index (Phi) is 3.73. The molecule has 0 spiro atoms. The molecule has 0 aliphatic heterocycles. The maximum absolute atomic E-state index is 5.71. The lowest BCUT2D eigenvalue weighted by molar-refractivity contribution is 1.06. The molecule has 0 amide bonds. The first-order chi connectivity index (χ1) is 7.09. The molecule has 0 aliphatic rings.